The smallest absolute Gasteiger partial charge is 0.237 e. The Hall–Kier alpha value is -1.99. The normalized spacial score (nSPS) is 23.3. The second-order valence-corrected chi connectivity index (χ2v) is 8.48. The Morgan fingerprint density at radius 2 is 1.50 bits per heavy atom. The first kappa shape index (κ1) is 22.7. The van der Waals surface area contributed by atoms with E-state index in [1.165, 1.54) is 6.42 Å². The zero-order chi connectivity index (χ0) is 21.7. The van der Waals surface area contributed by atoms with E-state index in [2.05, 4.69) is 28.5 Å². The number of carbonyl (C=O) groups excluding carboxylic acids is 1. The van der Waals surface area contributed by atoms with Crippen LogP contribution in [0.1, 0.15) is 38.7 Å². The maximum atomic E-state index is 12.9. The number of rotatable bonds is 7. The van der Waals surface area contributed by atoms with Crippen LogP contribution in [0.25, 0.3) is 0 Å². The molecule has 0 N–H and O–H groups in total. The highest BCUT2D eigenvalue weighted by atomic mass is 16.5. The minimum Gasteiger partial charge on any atom is -0.493 e. The number of methoxy groups -OCH3 is 3. The van der Waals surface area contributed by atoms with Crippen molar-refractivity contribution in [1.29, 1.82) is 0 Å². The van der Waals surface area contributed by atoms with Crippen LogP contribution in [0.4, 0.5) is 0 Å². The van der Waals surface area contributed by atoms with Crippen molar-refractivity contribution in [2.45, 2.75) is 51.7 Å². The van der Waals surface area contributed by atoms with Crippen molar-refractivity contribution in [3.63, 3.8) is 0 Å². The zero-order valence-electron chi connectivity index (χ0n) is 19.1. The van der Waals surface area contributed by atoms with Gasteiger partial charge >= 0.3 is 0 Å². The van der Waals surface area contributed by atoms with Crippen LogP contribution in [0, 0.1) is 0 Å². The molecule has 2 atom stereocenters. The van der Waals surface area contributed by atoms with Crippen LogP contribution in [0.3, 0.4) is 0 Å². The van der Waals surface area contributed by atoms with Crippen molar-refractivity contribution in [3.05, 3.63) is 17.7 Å². The van der Waals surface area contributed by atoms with E-state index < -0.39 is 0 Å². The van der Waals surface area contributed by atoms with Gasteiger partial charge in [0.1, 0.15) is 0 Å². The molecule has 0 aliphatic carbocycles. The maximum Gasteiger partial charge on any atom is 0.237 e. The van der Waals surface area contributed by atoms with Gasteiger partial charge in [0.25, 0.3) is 0 Å². The number of likely N-dealkylation sites (tertiary alicyclic amines) is 1. The summed E-state index contributed by atoms with van der Waals surface area (Å²) < 4.78 is 16.5. The van der Waals surface area contributed by atoms with Crippen LogP contribution < -0.4 is 14.2 Å². The van der Waals surface area contributed by atoms with Crippen molar-refractivity contribution >= 4 is 5.91 Å². The van der Waals surface area contributed by atoms with Gasteiger partial charge in [-0.05, 0) is 39.2 Å². The van der Waals surface area contributed by atoms with E-state index in [4.69, 9.17) is 14.2 Å². The number of benzene rings is 1. The SMILES string of the molecule is COc1ccc(CN2CCN(CC(=O)N3[C@H](C)CCC[C@@H]3C)CC2)c(OC)c1OC. The Kier molecular flexibility index (Phi) is 7.83. The van der Waals surface area contributed by atoms with Gasteiger partial charge in [0.2, 0.25) is 11.7 Å². The van der Waals surface area contributed by atoms with Gasteiger partial charge in [-0.2, -0.15) is 0 Å². The molecule has 0 spiro atoms. The van der Waals surface area contributed by atoms with Crippen LogP contribution in [0.5, 0.6) is 17.2 Å². The summed E-state index contributed by atoms with van der Waals surface area (Å²) in [5.74, 6) is 2.31. The molecule has 1 aromatic rings. The van der Waals surface area contributed by atoms with Crippen LogP contribution in [-0.4, -0.2) is 86.7 Å². The predicted molar refractivity (Wildman–Crippen MR) is 117 cm³/mol. The van der Waals surface area contributed by atoms with Crippen LogP contribution in [0.15, 0.2) is 12.1 Å². The number of piperazine rings is 1. The Labute approximate surface area is 180 Å². The lowest BCUT2D eigenvalue weighted by atomic mass is 9.97. The largest absolute Gasteiger partial charge is 0.493 e. The number of piperidine rings is 1. The highest BCUT2D eigenvalue weighted by Gasteiger charge is 2.30. The third-order valence-electron chi connectivity index (χ3n) is 6.48. The summed E-state index contributed by atoms with van der Waals surface area (Å²) in [6, 6.07) is 4.68. The van der Waals surface area contributed by atoms with Crippen LogP contribution in [-0.2, 0) is 11.3 Å². The molecular weight excluding hydrogens is 382 g/mol. The molecule has 2 aliphatic rings. The first-order chi connectivity index (χ1) is 14.5. The van der Waals surface area contributed by atoms with E-state index in [1.807, 2.05) is 12.1 Å². The summed E-state index contributed by atoms with van der Waals surface area (Å²) in [6.07, 6.45) is 3.47. The molecule has 2 saturated heterocycles. The predicted octanol–water partition coefficient (Wildman–Crippen LogP) is 2.62. The average molecular weight is 420 g/mol. The van der Waals surface area contributed by atoms with Gasteiger partial charge in [-0.15, -0.1) is 0 Å². The first-order valence-electron chi connectivity index (χ1n) is 11.0. The quantitative estimate of drug-likeness (QED) is 0.677. The molecule has 0 radical (unpaired) electrons. The van der Waals surface area contributed by atoms with Gasteiger partial charge < -0.3 is 19.1 Å². The summed E-state index contributed by atoms with van der Waals surface area (Å²) in [7, 11) is 4.92. The number of amides is 1. The van der Waals surface area contributed by atoms with Gasteiger partial charge in [-0.25, -0.2) is 0 Å². The molecule has 2 aliphatic heterocycles. The second-order valence-electron chi connectivity index (χ2n) is 8.48. The fourth-order valence-corrected chi connectivity index (χ4v) is 4.82. The summed E-state index contributed by atoms with van der Waals surface area (Å²) in [5, 5.41) is 0. The van der Waals surface area contributed by atoms with Crippen molar-refractivity contribution in [1.82, 2.24) is 14.7 Å². The second kappa shape index (κ2) is 10.4. The lowest BCUT2D eigenvalue weighted by Crippen LogP contribution is -2.54. The fourth-order valence-electron chi connectivity index (χ4n) is 4.82. The maximum absolute atomic E-state index is 12.9. The summed E-state index contributed by atoms with van der Waals surface area (Å²) in [6.45, 7) is 9.33. The third-order valence-corrected chi connectivity index (χ3v) is 6.48. The van der Waals surface area contributed by atoms with Crippen LogP contribution >= 0.6 is 0 Å². The molecule has 1 amide bonds. The first-order valence-corrected chi connectivity index (χ1v) is 11.0. The number of carbonyl (C=O) groups is 1. The molecule has 0 unspecified atom stereocenters. The van der Waals surface area contributed by atoms with Gasteiger partial charge in [-0.1, -0.05) is 6.07 Å². The van der Waals surface area contributed by atoms with Crippen molar-refractivity contribution in [2.75, 3.05) is 54.1 Å². The summed E-state index contributed by atoms with van der Waals surface area (Å²) in [5.41, 5.74) is 1.08. The van der Waals surface area contributed by atoms with Crippen molar-refractivity contribution < 1.29 is 19.0 Å². The lowest BCUT2D eigenvalue weighted by Gasteiger charge is -2.41. The van der Waals surface area contributed by atoms with Gasteiger partial charge in [0.15, 0.2) is 11.5 Å². The van der Waals surface area contributed by atoms with E-state index >= 15 is 0 Å². The average Bonchev–Trinajstić information content (AvgIpc) is 2.74. The highest BCUT2D eigenvalue weighted by Crippen LogP contribution is 2.40. The Balaban J connectivity index is 1.55. The summed E-state index contributed by atoms with van der Waals surface area (Å²) in [4.78, 5) is 19.7. The van der Waals surface area contributed by atoms with Crippen LogP contribution in [0.2, 0.25) is 0 Å². The van der Waals surface area contributed by atoms with E-state index in [0.717, 1.165) is 56.9 Å². The molecule has 2 heterocycles. The van der Waals surface area contributed by atoms with Gasteiger partial charge in [0.05, 0.1) is 27.9 Å². The molecule has 0 bridgehead atoms. The van der Waals surface area contributed by atoms with E-state index in [9.17, 15) is 4.79 Å². The lowest BCUT2D eigenvalue weighted by molar-refractivity contribution is -0.139. The molecular formula is C23H37N3O4. The highest BCUT2D eigenvalue weighted by molar-refractivity contribution is 5.79. The molecule has 2 fully saturated rings. The number of hydrogen-bond acceptors (Lipinski definition) is 6. The zero-order valence-corrected chi connectivity index (χ0v) is 19.1. The standard InChI is InChI=1S/C23H37N3O4/c1-17-7-6-8-18(2)26(17)21(27)16-25-13-11-24(12-14-25)15-19-9-10-20(28-3)23(30-5)22(19)29-4/h9-10,17-18H,6-8,11-16H2,1-5H3/t17-,18+. The minimum absolute atomic E-state index is 0.282. The molecule has 7 nitrogen and oxygen atoms in total. The van der Waals surface area contributed by atoms with Gasteiger partial charge in [0, 0.05) is 50.4 Å². The van der Waals surface area contributed by atoms with Crippen molar-refractivity contribution in [2.24, 2.45) is 0 Å². The number of hydrogen-bond donors (Lipinski definition) is 0. The number of nitrogens with zero attached hydrogens (tertiary/aromatic N) is 3. The Morgan fingerprint density at radius 1 is 0.900 bits per heavy atom. The Bertz CT molecular complexity index is 709. The number of ether oxygens (including phenoxy) is 3. The molecule has 168 valence electrons. The fraction of sp³-hybridized carbons (Fsp3) is 0.696. The molecule has 30 heavy (non-hydrogen) atoms. The minimum atomic E-state index is 0.282. The van der Waals surface area contributed by atoms with Crippen molar-refractivity contribution in [3.8, 4) is 17.2 Å². The van der Waals surface area contributed by atoms with E-state index in [1.54, 1.807) is 21.3 Å². The van der Waals surface area contributed by atoms with Gasteiger partial charge in [-0.3, -0.25) is 14.6 Å². The topological polar surface area (TPSA) is 54.5 Å². The molecule has 7 heteroatoms. The van der Waals surface area contributed by atoms with E-state index in [-0.39, 0.29) is 5.91 Å². The summed E-state index contributed by atoms with van der Waals surface area (Å²) >= 11 is 0. The molecule has 3 rings (SSSR count). The molecule has 0 saturated carbocycles. The Morgan fingerprint density at radius 3 is 2.07 bits per heavy atom. The molecule has 0 aromatic heterocycles. The van der Waals surface area contributed by atoms with E-state index in [0.29, 0.717) is 30.1 Å². The monoisotopic (exact) mass is 419 g/mol. The molecule has 1 aromatic carbocycles. The third kappa shape index (κ3) is 5.01.